The van der Waals surface area contributed by atoms with Gasteiger partial charge in [-0.15, -0.1) is 0 Å². The monoisotopic (exact) mass is 263 g/mol. The molecule has 0 saturated carbocycles. The average molecular weight is 263 g/mol. The van der Waals surface area contributed by atoms with Crippen molar-refractivity contribution in [1.29, 1.82) is 0 Å². The number of hydrogen-bond donors (Lipinski definition) is 1. The SMILES string of the molecule is COc1c(CNc2ccc(F)c(C)c2)c(C)nn1C. The first-order chi connectivity index (χ1) is 9.02. The molecule has 0 fully saturated rings. The maximum Gasteiger partial charge on any atom is 0.216 e. The van der Waals surface area contributed by atoms with Gasteiger partial charge in [-0.05, 0) is 37.6 Å². The van der Waals surface area contributed by atoms with Crippen LogP contribution in [0.1, 0.15) is 16.8 Å². The fraction of sp³-hybridized carbons (Fsp3) is 0.357. The minimum absolute atomic E-state index is 0.194. The van der Waals surface area contributed by atoms with Crippen molar-refractivity contribution in [2.75, 3.05) is 12.4 Å². The molecule has 5 heteroatoms. The summed E-state index contributed by atoms with van der Waals surface area (Å²) < 4.78 is 20.2. The van der Waals surface area contributed by atoms with E-state index < -0.39 is 0 Å². The molecule has 2 aromatic rings. The standard InChI is InChI=1S/C14H18FN3O/c1-9-7-11(5-6-13(9)15)16-8-12-10(2)17-18(3)14(12)19-4/h5-7,16H,8H2,1-4H3. The predicted octanol–water partition coefficient (Wildman–Crippen LogP) is 2.80. The molecule has 1 aromatic heterocycles. The molecule has 0 aliphatic rings. The Kier molecular flexibility index (Phi) is 3.74. The average Bonchev–Trinajstić information content (AvgIpc) is 2.64. The van der Waals surface area contributed by atoms with Gasteiger partial charge in [-0.25, -0.2) is 9.07 Å². The number of rotatable bonds is 4. The second kappa shape index (κ2) is 5.30. The lowest BCUT2D eigenvalue weighted by atomic mass is 10.2. The van der Waals surface area contributed by atoms with Gasteiger partial charge in [-0.3, -0.25) is 0 Å². The predicted molar refractivity (Wildman–Crippen MR) is 73.0 cm³/mol. The number of aryl methyl sites for hydroxylation is 3. The number of hydrogen-bond acceptors (Lipinski definition) is 3. The van der Waals surface area contributed by atoms with Crippen molar-refractivity contribution < 1.29 is 9.13 Å². The van der Waals surface area contributed by atoms with E-state index in [9.17, 15) is 4.39 Å². The largest absolute Gasteiger partial charge is 0.481 e. The van der Waals surface area contributed by atoms with Crippen LogP contribution < -0.4 is 10.1 Å². The van der Waals surface area contributed by atoms with Crippen LogP contribution in [0.25, 0.3) is 0 Å². The van der Waals surface area contributed by atoms with Gasteiger partial charge in [0.2, 0.25) is 5.88 Å². The van der Waals surface area contributed by atoms with E-state index in [2.05, 4.69) is 10.4 Å². The van der Waals surface area contributed by atoms with E-state index in [0.29, 0.717) is 12.1 Å². The van der Waals surface area contributed by atoms with Crippen molar-refractivity contribution >= 4 is 5.69 Å². The van der Waals surface area contributed by atoms with Crippen molar-refractivity contribution in [1.82, 2.24) is 9.78 Å². The summed E-state index contributed by atoms with van der Waals surface area (Å²) in [6.45, 7) is 4.28. The minimum atomic E-state index is -0.194. The molecular weight excluding hydrogens is 245 g/mol. The first-order valence-electron chi connectivity index (χ1n) is 6.09. The number of nitrogens with one attached hydrogen (secondary N) is 1. The molecule has 2 rings (SSSR count). The maximum absolute atomic E-state index is 13.2. The molecule has 1 aromatic carbocycles. The summed E-state index contributed by atoms with van der Waals surface area (Å²) >= 11 is 0. The van der Waals surface area contributed by atoms with Crippen LogP contribution in [0, 0.1) is 19.7 Å². The molecule has 0 bridgehead atoms. The highest BCUT2D eigenvalue weighted by atomic mass is 19.1. The van der Waals surface area contributed by atoms with Crippen molar-refractivity contribution in [2.45, 2.75) is 20.4 Å². The van der Waals surface area contributed by atoms with E-state index in [1.54, 1.807) is 30.8 Å². The Hall–Kier alpha value is -2.04. The molecule has 0 atom stereocenters. The van der Waals surface area contributed by atoms with Gasteiger partial charge in [-0.1, -0.05) is 0 Å². The molecular formula is C14H18FN3O. The highest BCUT2D eigenvalue weighted by Gasteiger charge is 2.13. The van der Waals surface area contributed by atoms with Gasteiger partial charge < -0.3 is 10.1 Å². The molecule has 0 saturated heterocycles. The zero-order valence-corrected chi connectivity index (χ0v) is 11.6. The first-order valence-corrected chi connectivity index (χ1v) is 6.09. The number of anilines is 1. The maximum atomic E-state index is 13.2. The van der Waals surface area contributed by atoms with E-state index in [0.717, 1.165) is 22.8 Å². The summed E-state index contributed by atoms with van der Waals surface area (Å²) in [4.78, 5) is 0. The zero-order chi connectivity index (χ0) is 14.0. The molecule has 0 spiro atoms. The van der Waals surface area contributed by atoms with E-state index in [1.807, 2.05) is 14.0 Å². The number of nitrogens with zero attached hydrogens (tertiary/aromatic N) is 2. The molecule has 1 heterocycles. The lowest BCUT2D eigenvalue weighted by molar-refractivity contribution is 0.370. The second-order valence-corrected chi connectivity index (χ2v) is 4.51. The summed E-state index contributed by atoms with van der Waals surface area (Å²) in [5.41, 5.74) is 3.43. The summed E-state index contributed by atoms with van der Waals surface area (Å²) in [6, 6.07) is 4.97. The summed E-state index contributed by atoms with van der Waals surface area (Å²) in [6.07, 6.45) is 0. The molecule has 0 aliphatic carbocycles. The van der Waals surface area contributed by atoms with E-state index in [1.165, 1.54) is 6.07 Å². The Morgan fingerprint density at radius 3 is 2.74 bits per heavy atom. The van der Waals surface area contributed by atoms with Gasteiger partial charge in [0.15, 0.2) is 0 Å². The third kappa shape index (κ3) is 2.70. The fourth-order valence-electron chi connectivity index (χ4n) is 2.08. The Morgan fingerprint density at radius 1 is 1.37 bits per heavy atom. The fourth-order valence-corrected chi connectivity index (χ4v) is 2.08. The number of methoxy groups -OCH3 is 1. The zero-order valence-electron chi connectivity index (χ0n) is 11.6. The molecule has 0 aliphatic heterocycles. The highest BCUT2D eigenvalue weighted by Crippen LogP contribution is 2.22. The lowest BCUT2D eigenvalue weighted by Crippen LogP contribution is -2.03. The Balaban J connectivity index is 2.16. The summed E-state index contributed by atoms with van der Waals surface area (Å²) in [5, 5.41) is 7.58. The molecule has 19 heavy (non-hydrogen) atoms. The molecule has 0 unspecified atom stereocenters. The lowest BCUT2D eigenvalue weighted by Gasteiger charge is -2.09. The Bertz CT molecular complexity index is 593. The number of benzene rings is 1. The second-order valence-electron chi connectivity index (χ2n) is 4.51. The van der Waals surface area contributed by atoms with Crippen molar-refractivity contribution in [2.24, 2.45) is 7.05 Å². The molecule has 102 valence electrons. The molecule has 1 N–H and O–H groups in total. The highest BCUT2D eigenvalue weighted by molar-refractivity contribution is 5.47. The quantitative estimate of drug-likeness (QED) is 0.922. The molecule has 0 amide bonds. The third-order valence-corrected chi connectivity index (χ3v) is 3.11. The van der Waals surface area contributed by atoms with Crippen molar-refractivity contribution in [3.8, 4) is 5.88 Å². The Morgan fingerprint density at radius 2 is 2.11 bits per heavy atom. The van der Waals surface area contributed by atoms with E-state index >= 15 is 0 Å². The van der Waals surface area contributed by atoms with Crippen LogP contribution in [-0.4, -0.2) is 16.9 Å². The van der Waals surface area contributed by atoms with Crippen molar-refractivity contribution in [3.05, 3.63) is 40.8 Å². The van der Waals surface area contributed by atoms with Gasteiger partial charge in [0.1, 0.15) is 5.82 Å². The number of ether oxygens (including phenoxy) is 1. The van der Waals surface area contributed by atoms with E-state index in [4.69, 9.17) is 4.74 Å². The van der Waals surface area contributed by atoms with Crippen LogP contribution in [-0.2, 0) is 13.6 Å². The van der Waals surface area contributed by atoms with Crippen LogP contribution in [0.5, 0.6) is 5.88 Å². The van der Waals surface area contributed by atoms with Crippen LogP contribution in [0.15, 0.2) is 18.2 Å². The minimum Gasteiger partial charge on any atom is -0.481 e. The molecule has 4 nitrogen and oxygen atoms in total. The van der Waals surface area contributed by atoms with Gasteiger partial charge in [-0.2, -0.15) is 5.10 Å². The van der Waals surface area contributed by atoms with Gasteiger partial charge in [0.25, 0.3) is 0 Å². The van der Waals surface area contributed by atoms with Crippen LogP contribution in [0.3, 0.4) is 0 Å². The van der Waals surface area contributed by atoms with Crippen LogP contribution in [0.4, 0.5) is 10.1 Å². The number of halogens is 1. The van der Waals surface area contributed by atoms with Gasteiger partial charge in [0.05, 0.1) is 18.4 Å². The number of aromatic nitrogens is 2. The van der Waals surface area contributed by atoms with E-state index in [-0.39, 0.29) is 5.82 Å². The summed E-state index contributed by atoms with van der Waals surface area (Å²) in [7, 11) is 3.47. The smallest absolute Gasteiger partial charge is 0.216 e. The molecule has 0 radical (unpaired) electrons. The van der Waals surface area contributed by atoms with Gasteiger partial charge in [0, 0.05) is 19.3 Å². The first kappa shape index (κ1) is 13.4. The van der Waals surface area contributed by atoms with Crippen LogP contribution in [0.2, 0.25) is 0 Å². The topological polar surface area (TPSA) is 39.1 Å². The van der Waals surface area contributed by atoms with Crippen molar-refractivity contribution in [3.63, 3.8) is 0 Å². The third-order valence-electron chi connectivity index (χ3n) is 3.11. The normalized spacial score (nSPS) is 10.6. The summed E-state index contributed by atoms with van der Waals surface area (Å²) in [5.74, 6) is 0.546. The Labute approximate surface area is 112 Å². The van der Waals surface area contributed by atoms with Gasteiger partial charge >= 0.3 is 0 Å². The van der Waals surface area contributed by atoms with Crippen LogP contribution >= 0.6 is 0 Å².